The highest BCUT2D eigenvalue weighted by molar-refractivity contribution is 5.97. The minimum Gasteiger partial charge on any atom is -0.493 e. The fraction of sp³-hybridized carbons (Fsp3) is 0.111. The first-order valence-electron chi connectivity index (χ1n) is 11.0. The first-order valence-corrected chi connectivity index (χ1v) is 11.0. The molecule has 3 aromatic carbocycles. The lowest BCUT2D eigenvalue weighted by atomic mass is 10.1. The van der Waals surface area contributed by atoms with Gasteiger partial charge in [-0.2, -0.15) is 0 Å². The largest absolute Gasteiger partial charge is 0.493 e. The molecule has 168 valence electrons. The van der Waals surface area contributed by atoms with Crippen LogP contribution in [-0.4, -0.2) is 20.6 Å². The molecule has 5 aromatic rings. The third-order valence-corrected chi connectivity index (χ3v) is 5.67. The fourth-order valence-electron chi connectivity index (χ4n) is 3.94. The molecule has 0 fully saturated rings. The van der Waals surface area contributed by atoms with Gasteiger partial charge in [-0.15, -0.1) is 10.2 Å². The van der Waals surface area contributed by atoms with E-state index in [0.29, 0.717) is 30.2 Å². The molecule has 34 heavy (non-hydrogen) atoms. The summed E-state index contributed by atoms with van der Waals surface area (Å²) in [6, 6.07) is 24.2. The quantitative estimate of drug-likeness (QED) is 0.302. The van der Waals surface area contributed by atoms with Crippen LogP contribution < -0.4 is 4.74 Å². The normalized spacial score (nSPS) is 11.4. The number of carbonyl (C=O) groups excluding carboxylic acids is 1. The third kappa shape index (κ3) is 3.99. The summed E-state index contributed by atoms with van der Waals surface area (Å²) in [5.74, 6) is 0.215. The maximum absolute atomic E-state index is 12.6. The van der Waals surface area contributed by atoms with Gasteiger partial charge in [-0.1, -0.05) is 48.5 Å². The highest BCUT2D eigenvalue weighted by atomic mass is 16.5. The summed E-state index contributed by atoms with van der Waals surface area (Å²) in [5, 5.41) is 20.2. The van der Waals surface area contributed by atoms with Gasteiger partial charge in [-0.05, 0) is 42.8 Å². The van der Waals surface area contributed by atoms with Crippen molar-refractivity contribution in [1.82, 2.24) is 9.55 Å². The molecule has 0 saturated heterocycles. The van der Waals surface area contributed by atoms with Crippen molar-refractivity contribution in [3.05, 3.63) is 96.2 Å². The molecule has 5 rings (SSSR count). The van der Waals surface area contributed by atoms with E-state index in [2.05, 4.69) is 15.2 Å². The molecule has 0 spiro atoms. The number of pyridine rings is 1. The topological polar surface area (TPSA) is 89.1 Å². The van der Waals surface area contributed by atoms with Gasteiger partial charge < -0.3 is 14.4 Å². The van der Waals surface area contributed by atoms with E-state index in [9.17, 15) is 9.90 Å². The first kappa shape index (κ1) is 21.3. The molecule has 0 atom stereocenters. The van der Waals surface area contributed by atoms with Gasteiger partial charge in [0.25, 0.3) is 5.91 Å². The fourth-order valence-corrected chi connectivity index (χ4v) is 3.94. The van der Waals surface area contributed by atoms with Gasteiger partial charge >= 0.3 is 0 Å². The highest BCUT2D eigenvalue weighted by Crippen LogP contribution is 2.38. The van der Waals surface area contributed by atoms with Crippen molar-refractivity contribution >= 4 is 33.4 Å². The Morgan fingerprint density at radius 1 is 1.00 bits per heavy atom. The van der Waals surface area contributed by atoms with E-state index in [-0.39, 0.29) is 5.88 Å². The van der Waals surface area contributed by atoms with E-state index in [1.807, 2.05) is 73.7 Å². The van der Waals surface area contributed by atoms with Gasteiger partial charge in [-0.3, -0.25) is 9.78 Å². The minimum absolute atomic E-state index is 0.00401. The van der Waals surface area contributed by atoms with Crippen molar-refractivity contribution in [2.75, 3.05) is 0 Å². The molecule has 7 heteroatoms. The van der Waals surface area contributed by atoms with Crippen LogP contribution in [0.4, 0.5) is 5.69 Å². The molecule has 1 N–H and O–H groups in total. The Balaban J connectivity index is 1.30. The lowest BCUT2D eigenvalue weighted by Crippen LogP contribution is -1.99. The van der Waals surface area contributed by atoms with Crippen LogP contribution >= 0.6 is 0 Å². The molecular formula is C27H22N4O3. The number of carbonyl (C=O) groups is 1. The van der Waals surface area contributed by atoms with Gasteiger partial charge in [0.05, 0.1) is 5.52 Å². The second kappa shape index (κ2) is 9.15. The highest BCUT2D eigenvalue weighted by Gasteiger charge is 2.16. The standard InChI is InChI=1S/C27H22N4O3/c1-2-31-22-10-4-3-9-21(22)25(27(31)33)29-30-26(32)20-14-12-18(13-15-20)17-34-23-11-5-7-19-8-6-16-28-24(19)23/h3-16,33H,2,17H2,1H3. The number of hydrogen-bond donors (Lipinski definition) is 1. The lowest BCUT2D eigenvalue weighted by Gasteiger charge is -2.09. The molecule has 0 unspecified atom stereocenters. The summed E-state index contributed by atoms with van der Waals surface area (Å²) >= 11 is 0. The summed E-state index contributed by atoms with van der Waals surface area (Å²) in [5.41, 5.74) is 3.25. The van der Waals surface area contributed by atoms with Gasteiger partial charge in [0.2, 0.25) is 5.88 Å². The summed E-state index contributed by atoms with van der Waals surface area (Å²) in [6.07, 6.45) is 1.74. The predicted molar refractivity (Wildman–Crippen MR) is 131 cm³/mol. The van der Waals surface area contributed by atoms with Gasteiger partial charge in [-0.25, -0.2) is 0 Å². The van der Waals surface area contributed by atoms with E-state index in [0.717, 1.165) is 27.4 Å². The molecule has 2 heterocycles. The smallest absolute Gasteiger partial charge is 0.295 e. The van der Waals surface area contributed by atoms with Crippen LogP contribution in [0, 0.1) is 0 Å². The summed E-state index contributed by atoms with van der Waals surface area (Å²) in [4.78, 5) is 17.0. The summed E-state index contributed by atoms with van der Waals surface area (Å²) in [6.45, 7) is 2.85. The molecule has 1 amide bonds. The van der Waals surface area contributed by atoms with Gasteiger partial charge in [0, 0.05) is 29.1 Å². The Bertz CT molecular complexity index is 1520. The number of para-hydroxylation sites is 2. The Kier molecular flexibility index (Phi) is 5.74. The Hall–Kier alpha value is -4.52. The van der Waals surface area contributed by atoms with Crippen molar-refractivity contribution < 1.29 is 14.6 Å². The first-order chi connectivity index (χ1) is 16.7. The van der Waals surface area contributed by atoms with Gasteiger partial charge in [0.15, 0.2) is 5.69 Å². The Morgan fingerprint density at radius 3 is 2.62 bits per heavy atom. The third-order valence-electron chi connectivity index (χ3n) is 5.67. The molecular weight excluding hydrogens is 428 g/mol. The number of hydrogen-bond acceptors (Lipinski definition) is 5. The van der Waals surface area contributed by atoms with E-state index < -0.39 is 5.91 Å². The molecule has 0 aliphatic rings. The minimum atomic E-state index is -0.488. The average Bonchev–Trinajstić information content (AvgIpc) is 3.16. The maximum atomic E-state index is 12.6. The van der Waals surface area contributed by atoms with Crippen molar-refractivity contribution in [3.63, 3.8) is 0 Å². The van der Waals surface area contributed by atoms with E-state index in [4.69, 9.17) is 4.74 Å². The Labute approximate surface area is 196 Å². The average molecular weight is 450 g/mol. The number of rotatable bonds is 6. The molecule has 0 aliphatic carbocycles. The van der Waals surface area contributed by atoms with Crippen LogP contribution in [-0.2, 0) is 13.2 Å². The van der Waals surface area contributed by atoms with Crippen LogP contribution in [0.15, 0.2) is 95.3 Å². The number of fused-ring (bicyclic) bond motifs is 2. The Morgan fingerprint density at radius 2 is 1.79 bits per heavy atom. The SMILES string of the molecule is CCn1c(O)c(N=NC(=O)c2ccc(COc3cccc4cccnc34)cc2)c2ccccc21. The monoisotopic (exact) mass is 450 g/mol. The molecule has 0 radical (unpaired) electrons. The van der Waals surface area contributed by atoms with E-state index in [1.54, 1.807) is 22.9 Å². The van der Waals surface area contributed by atoms with Crippen molar-refractivity contribution in [1.29, 1.82) is 0 Å². The predicted octanol–water partition coefficient (Wildman–Crippen LogP) is 6.42. The zero-order valence-corrected chi connectivity index (χ0v) is 18.5. The number of aromatic hydroxyl groups is 1. The molecule has 2 aromatic heterocycles. The molecule has 0 saturated carbocycles. The number of nitrogens with zero attached hydrogens (tertiary/aromatic N) is 4. The van der Waals surface area contributed by atoms with Crippen molar-refractivity contribution in [2.24, 2.45) is 10.2 Å². The van der Waals surface area contributed by atoms with Crippen LogP contribution in [0.1, 0.15) is 22.8 Å². The second-order valence-corrected chi connectivity index (χ2v) is 7.76. The zero-order chi connectivity index (χ0) is 23.5. The maximum Gasteiger partial charge on any atom is 0.295 e. The molecule has 7 nitrogen and oxygen atoms in total. The summed E-state index contributed by atoms with van der Waals surface area (Å²) < 4.78 is 7.69. The van der Waals surface area contributed by atoms with Crippen LogP contribution in [0.3, 0.4) is 0 Å². The number of amides is 1. The van der Waals surface area contributed by atoms with Gasteiger partial charge in [0.1, 0.15) is 17.9 Å². The van der Waals surface area contributed by atoms with Crippen LogP contribution in [0.5, 0.6) is 11.6 Å². The molecule has 0 bridgehead atoms. The van der Waals surface area contributed by atoms with Crippen LogP contribution in [0.25, 0.3) is 21.8 Å². The summed E-state index contributed by atoms with van der Waals surface area (Å²) in [7, 11) is 0. The zero-order valence-electron chi connectivity index (χ0n) is 18.5. The number of azo groups is 1. The number of ether oxygens (including phenoxy) is 1. The number of aromatic nitrogens is 2. The van der Waals surface area contributed by atoms with Crippen molar-refractivity contribution in [3.8, 4) is 11.6 Å². The number of aryl methyl sites for hydroxylation is 1. The molecule has 0 aliphatic heterocycles. The second-order valence-electron chi connectivity index (χ2n) is 7.76. The number of benzene rings is 3. The van der Waals surface area contributed by atoms with E-state index >= 15 is 0 Å². The van der Waals surface area contributed by atoms with Crippen molar-refractivity contribution in [2.45, 2.75) is 20.1 Å². The van der Waals surface area contributed by atoms with E-state index in [1.165, 1.54) is 0 Å². The van der Waals surface area contributed by atoms with Crippen LogP contribution in [0.2, 0.25) is 0 Å². The lowest BCUT2D eigenvalue weighted by molar-refractivity contribution is 0.0995.